The van der Waals surface area contributed by atoms with Gasteiger partial charge in [-0.3, -0.25) is 0 Å². The van der Waals surface area contributed by atoms with Crippen LogP contribution in [0.25, 0.3) is 82.5 Å². The van der Waals surface area contributed by atoms with Crippen LogP contribution in [0.4, 0.5) is 0 Å². The average molecular weight is 846 g/mol. The second-order valence-corrected chi connectivity index (χ2v) is 21.2. The van der Waals surface area contributed by atoms with E-state index >= 15 is 0 Å². The van der Waals surface area contributed by atoms with Gasteiger partial charge in [-0.1, -0.05) is 175 Å². The lowest BCUT2D eigenvalue weighted by Crippen LogP contribution is -2.74. The first kappa shape index (κ1) is 37.4. The number of hydrogen-bond donors (Lipinski definition) is 0. The molecule has 0 radical (unpaired) electrons. The molecule has 3 nitrogen and oxygen atoms in total. The molecule has 0 N–H and O–H groups in total. The van der Waals surface area contributed by atoms with Crippen molar-refractivity contribution in [3.8, 4) is 17.1 Å². The predicted octanol–water partition coefficient (Wildman–Crippen LogP) is 12.7. The highest BCUT2D eigenvalue weighted by atomic mass is 28.3. The van der Waals surface area contributed by atoms with Crippen LogP contribution in [0.15, 0.2) is 243 Å². The number of aryl methyl sites for hydroxylation is 1. The summed E-state index contributed by atoms with van der Waals surface area (Å²) in [7, 11) is -2.66. The fourth-order valence-electron chi connectivity index (χ4n) is 11.1. The lowest BCUT2D eigenvalue weighted by molar-refractivity contribution is 1.16. The first-order valence-electron chi connectivity index (χ1n) is 22.5. The molecule has 0 bridgehead atoms. The molecule has 3 aromatic heterocycles. The van der Waals surface area contributed by atoms with Gasteiger partial charge in [-0.05, 0) is 100 Å². The van der Waals surface area contributed by atoms with Gasteiger partial charge in [0.05, 0.1) is 38.8 Å². The summed E-state index contributed by atoms with van der Waals surface area (Å²) in [5.41, 5.74) is 11.9. The summed E-state index contributed by atoms with van der Waals surface area (Å²) in [5.74, 6) is 0. The van der Waals surface area contributed by atoms with Crippen molar-refractivity contribution >= 4 is 94.2 Å². The largest absolute Gasteiger partial charge is 0.309 e. The molecule has 0 amide bonds. The second kappa shape index (κ2) is 14.7. The summed E-state index contributed by atoms with van der Waals surface area (Å²) in [4.78, 5) is 0. The highest BCUT2D eigenvalue weighted by molar-refractivity contribution is 7.19. The quantitative estimate of drug-likeness (QED) is 0.112. The van der Waals surface area contributed by atoms with Crippen LogP contribution in [0.2, 0.25) is 0 Å². The fourth-order valence-corrected chi connectivity index (χ4v) is 15.9. The third kappa shape index (κ3) is 5.54. The van der Waals surface area contributed by atoms with Gasteiger partial charge in [0.1, 0.15) is 0 Å². The topological polar surface area (TPSA) is 14.8 Å². The van der Waals surface area contributed by atoms with Crippen molar-refractivity contribution in [2.45, 2.75) is 6.92 Å². The monoisotopic (exact) mass is 845 g/mol. The molecule has 4 heteroatoms. The zero-order valence-electron chi connectivity index (χ0n) is 35.9. The van der Waals surface area contributed by atoms with Crippen molar-refractivity contribution < 1.29 is 0 Å². The fraction of sp³-hybridized carbons (Fsp3) is 0.0164. The number of benzene rings is 10. The van der Waals surface area contributed by atoms with Gasteiger partial charge in [-0.2, -0.15) is 0 Å². The van der Waals surface area contributed by atoms with Crippen LogP contribution in [0, 0.1) is 6.92 Å². The molecule has 3 heterocycles. The molecule has 65 heavy (non-hydrogen) atoms. The molecule has 0 saturated carbocycles. The molecule has 0 spiro atoms. The van der Waals surface area contributed by atoms with E-state index in [1.807, 2.05) is 0 Å². The molecule has 10 aromatic carbocycles. The maximum atomic E-state index is 2.47. The highest BCUT2D eigenvalue weighted by Crippen LogP contribution is 2.41. The van der Waals surface area contributed by atoms with Crippen molar-refractivity contribution in [3.05, 3.63) is 248 Å². The highest BCUT2D eigenvalue weighted by Gasteiger charge is 2.41. The molecular weight excluding hydrogens is 803 g/mol. The van der Waals surface area contributed by atoms with Crippen LogP contribution in [-0.2, 0) is 0 Å². The molecule has 0 unspecified atom stereocenters. The maximum Gasteiger partial charge on any atom is 0.179 e. The van der Waals surface area contributed by atoms with Crippen molar-refractivity contribution in [1.82, 2.24) is 13.7 Å². The zero-order valence-corrected chi connectivity index (χ0v) is 36.9. The van der Waals surface area contributed by atoms with Gasteiger partial charge in [0.15, 0.2) is 8.07 Å². The Morgan fingerprint density at radius 3 is 1.31 bits per heavy atom. The van der Waals surface area contributed by atoms with Crippen molar-refractivity contribution in [3.63, 3.8) is 0 Å². The summed E-state index contributed by atoms with van der Waals surface area (Å²) in [6.07, 6.45) is 0. The standard InChI is InChI=1S/C61H43N3Si/c1-42-32-38-58-52(40-42)49-24-12-15-28-55(49)64(58)60-31-17-30-59-61(60)51-26-13-16-29-56(51)63(59)44-35-39-57-53(41-44)50-25-11-14-27-54(50)62(57)43-33-36-48(37-34-43)65(45-18-5-2-6-19-45,46-20-7-3-8-21-46)47-22-9-4-10-23-47/h2-41H,1H3. The molecule has 0 saturated heterocycles. The van der Waals surface area contributed by atoms with Crippen LogP contribution in [0.5, 0.6) is 0 Å². The van der Waals surface area contributed by atoms with Gasteiger partial charge in [-0.15, -0.1) is 0 Å². The number of rotatable bonds is 7. The third-order valence-electron chi connectivity index (χ3n) is 13.8. The van der Waals surface area contributed by atoms with Crippen LogP contribution in [0.3, 0.4) is 0 Å². The minimum atomic E-state index is -2.66. The Labute approximate surface area is 378 Å². The van der Waals surface area contributed by atoms with E-state index in [0.29, 0.717) is 0 Å². The summed E-state index contributed by atoms with van der Waals surface area (Å²) in [6, 6.07) is 90.2. The molecule has 13 rings (SSSR count). The normalized spacial score (nSPS) is 12.1. The molecule has 0 aliphatic heterocycles. The second-order valence-electron chi connectivity index (χ2n) is 17.3. The first-order valence-corrected chi connectivity index (χ1v) is 24.5. The van der Waals surface area contributed by atoms with Crippen molar-refractivity contribution in [2.75, 3.05) is 0 Å². The Bertz CT molecular complexity index is 3840. The Morgan fingerprint density at radius 2 is 0.692 bits per heavy atom. The minimum absolute atomic E-state index is 1.14. The van der Waals surface area contributed by atoms with E-state index in [-0.39, 0.29) is 0 Å². The number of nitrogens with zero attached hydrogens (tertiary/aromatic N) is 3. The van der Waals surface area contributed by atoms with E-state index in [4.69, 9.17) is 0 Å². The first-order chi connectivity index (χ1) is 32.2. The Morgan fingerprint density at radius 1 is 0.277 bits per heavy atom. The van der Waals surface area contributed by atoms with Gasteiger partial charge in [0.25, 0.3) is 0 Å². The summed E-state index contributed by atoms with van der Waals surface area (Å²) < 4.78 is 7.38. The van der Waals surface area contributed by atoms with Gasteiger partial charge in [-0.25, -0.2) is 0 Å². The molecule has 0 fully saturated rings. The summed E-state index contributed by atoms with van der Waals surface area (Å²) in [5, 5.41) is 13.0. The summed E-state index contributed by atoms with van der Waals surface area (Å²) >= 11 is 0. The lowest BCUT2D eigenvalue weighted by atomic mass is 10.1. The molecule has 0 atom stereocenters. The average Bonchev–Trinajstić information content (AvgIpc) is 4.01. The van der Waals surface area contributed by atoms with Crippen LogP contribution >= 0.6 is 0 Å². The number of aromatic nitrogens is 3. The lowest BCUT2D eigenvalue weighted by Gasteiger charge is -2.34. The van der Waals surface area contributed by atoms with Crippen molar-refractivity contribution in [1.29, 1.82) is 0 Å². The van der Waals surface area contributed by atoms with Crippen molar-refractivity contribution in [2.24, 2.45) is 0 Å². The smallest absolute Gasteiger partial charge is 0.179 e. The van der Waals surface area contributed by atoms with E-state index in [2.05, 4.69) is 263 Å². The third-order valence-corrected chi connectivity index (χ3v) is 18.6. The Kier molecular flexibility index (Phi) is 8.45. The van der Waals surface area contributed by atoms with Gasteiger partial charge >= 0.3 is 0 Å². The van der Waals surface area contributed by atoms with Crippen LogP contribution < -0.4 is 20.7 Å². The number of para-hydroxylation sites is 3. The Balaban J connectivity index is 1.000. The van der Waals surface area contributed by atoms with Gasteiger partial charge in [0, 0.05) is 43.7 Å². The Hall–Kier alpha value is -8.18. The van der Waals surface area contributed by atoms with E-state index in [1.165, 1.54) is 97.4 Å². The van der Waals surface area contributed by atoms with Gasteiger partial charge in [0.2, 0.25) is 0 Å². The molecule has 306 valence electrons. The van der Waals surface area contributed by atoms with Crippen LogP contribution in [0.1, 0.15) is 5.56 Å². The molecule has 0 aliphatic carbocycles. The van der Waals surface area contributed by atoms with Gasteiger partial charge < -0.3 is 13.7 Å². The molecular formula is C61H43N3Si. The van der Waals surface area contributed by atoms with E-state index < -0.39 is 8.07 Å². The number of fused-ring (bicyclic) bond motifs is 9. The SMILES string of the molecule is Cc1ccc2c(c1)c1ccccc1n2-c1cccc2c1c1ccccc1n2-c1ccc2c(c1)c1ccccc1n2-c1ccc([Si](c2ccccc2)(c2ccccc2)c2ccccc2)cc1. The van der Waals surface area contributed by atoms with E-state index in [0.717, 1.165) is 11.4 Å². The van der Waals surface area contributed by atoms with E-state index in [1.54, 1.807) is 0 Å². The number of hydrogen-bond acceptors (Lipinski definition) is 0. The zero-order chi connectivity index (χ0) is 43.1. The predicted molar refractivity (Wildman–Crippen MR) is 278 cm³/mol. The summed E-state index contributed by atoms with van der Waals surface area (Å²) in [6.45, 7) is 2.18. The molecule has 13 aromatic rings. The maximum absolute atomic E-state index is 2.66. The molecule has 0 aliphatic rings. The minimum Gasteiger partial charge on any atom is -0.309 e. The van der Waals surface area contributed by atoms with Crippen LogP contribution in [-0.4, -0.2) is 21.8 Å². The van der Waals surface area contributed by atoms with E-state index in [9.17, 15) is 0 Å².